The van der Waals surface area contributed by atoms with Crippen LogP contribution in [0.25, 0.3) is 0 Å². The van der Waals surface area contributed by atoms with Gasteiger partial charge in [0.05, 0.1) is 5.02 Å². The number of ether oxygens (including phenoxy) is 2. The number of carbonyl (C=O) groups is 3. The normalized spacial score (nSPS) is 15.6. The second-order valence-electron chi connectivity index (χ2n) is 8.83. The van der Waals surface area contributed by atoms with Crippen LogP contribution in [0.15, 0.2) is 36.4 Å². The number of rotatable bonds is 9. The zero-order chi connectivity index (χ0) is 26.4. The first-order valence-electron chi connectivity index (χ1n) is 11.9. The zero-order valence-corrected chi connectivity index (χ0v) is 21.5. The highest BCUT2D eigenvalue weighted by Gasteiger charge is 2.25. The van der Waals surface area contributed by atoms with Crippen LogP contribution in [-0.2, 0) is 25.2 Å². The summed E-state index contributed by atoms with van der Waals surface area (Å²) in [5, 5.41) is 5.33. The molecule has 0 saturated heterocycles. The second kappa shape index (κ2) is 12.4. The van der Waals surface area contributed by atoms with E-state index in [2.05, 4.69) is 10.6 Å². The van der Waals surface area contributed by atoms with Crippen LogP contribution in [0.4, 0.5) is 15.8 Å². The van der Waals surface area contributed by atoms with Gasteiger partial charge in [0.15, 0.2) is 11.5 Å². The molecule has 198 valence electrons. The van der Waals surface area contributed by atoms with Crippen LogP contribution in [-0.4, -0.2) is 52.8 Å². The van der Waals surface area contributed by atoms with Crippen LogP contribution < -0.4 is 25.0 Å². The van der Waals surface area contributed by atoms with Crippen molar-refractivity contribution in [3.63, 3.8) is 0 Å². The molecule has 1 atom stereocenters. The van der Waals surface area contributed by atoms with Gasteiger partial charge in [-0.05, 0) is 43.2 Å². The molecule has 2 N–H and O–H groups in total. The van der Waals surface area contributed by atoms with Gasteiger partial charge < -0.3 is 25.0 Å². The Hall–Kier alpha value is -3.18. The number of halogens is 2. The number of hydrogen-bond acceptors (Lipinski definition) is 6. The minimum absolute atomic E-state index is 0.0315. The van der Waals surface area contributed by atoms with Crippen molar-refractivity contribution in [3.05, 3.63) is 47.2 Å². The molecule has 1 aliphatic heterocycles. The van der Waals surface area contributed by atoms with Gasteiger partial charge in [0.25, 0.3) is 0 Å². The smallest absolute Gasteiger partial charge is 0.240 e. The molecule has 2 aliphatic rings. The molecule has 0 unspecified atom stereocenters. The highest BCUT2D eigenvalue weighted by atomic mass is 35.5. The second-order valence-corrected chi connectivity index (χ2v) is 10.7. The minimum Gasteiger partial charge on any atom is -0.454 e. The highest BCUT2D eigenvalue weighted by molar-refractivity contribution is 7.86. The summed E-state index contributed by atoms with van der Waals surface area (Å²) in [6, 6.07) is 8.52. The van der Waals surface area contributed by atoms with Crippen LogP contribution >= 0.6 is 11.6 Å². The molecule has 9 nitrogen and oxygen atoms in total. The van der Waals surface area contributed by atoms with Crippen LogP contribution in [0.3, 0.4) is 0 Å². The lowest BCUT2D eigenvalue weighted by Crippen LogP contribution is -2.46. The average molecular weight is 552 g/mol. The molecule has 12 heteroatoms. The van der Waals surface area contributed by atoms with Gasteiger partial charge in [0.1, 0.15) is 23.9 Å². The molecule has 0 spiro atoms. The Balaban J connectivity index is 1.38. The fourth-order valence-corrected chi connectivity index (χ4v) is 5.30. The SMILES string of the molecule is O=C(C[S@](=O)CC(=O)N(CC(=O)NC1CCCCC1)c1ccc(F)c(Cl)c1)Nc1ccc2c(c1)OCO2. The van der Waals surface area contributed by atoms with Crippen molar-refractivity contribution in [2.45, 2.75) is 38.1 Å². The first kappa shape index (κ1) is 26.9. The van der Waals surface area contributed by atoms with Gasteiger partial charge in [-0.1, -0.05) is 30.9 Å². The van der Waals surface area contributed by atoms with E-state index in [1.54, 1.807) is 18.2 Å². The number of carbonyl (C=O) groups excluding carboxylic acids is 3. The van der Waals surface area contributed by atoms with Crippen molar-refractivity contribution in [1.29, 1.82) is 0 Å². The van der Waals surface area contributed by atoms with Crippen molar-refractivity contribution >= 4 is 51.5 Å². The lowest BCUT2D eigenvalue weighted by Gasteiger charge is -2.26. The van der Waals surface area contributed by atoms with Gasteiger partial charge in [-0.2, -0.15) is 0 Å². The summed E-state index contributed by atoms with van der Waals surface area (Å²) in [5.41, 5.74) is 0.622. The molecule has 1 aliphatic carbocycles. The molecule has 1 fully saturated rings. The average Bonchev–Trinajstić information content (AvgIpc) is 3.32. The number of hydrogen-bond donors (Lipinski definition) is 2. The summed E-state index contributed by atoms with van der Waals surface area (Å²) in [6.45, 7) is -0.259. The summed E-state index contributed by atoms with van der Waals surface area (Å²) in [4.78, 5) is 39.3. The Morgan fingerprint density at radius 2 is 1.76 bits per heavy atom. The van der Waals surface area contributed by atoms with E-state index in [9.17, 15) is 23.0 Å². The molecule has 0 bridgehead atoms. The minimum atomic E-state index is -1.88. The Bertz CT molecular complexity index is 1210. The first-order valence-corrected chi connectivity index (χ1v) is 13.7. The largest absolute Gasteiger partial charge is 0.454 e. The van der Waals surface area contributed by atoms with Crippen LogP contribution in [0.1, 0.15) is 32.1 Å². The van der Waals surface area contributed by atoms with Gasteiger partial charge in [-0.25, -0.2) is 4.39 Å². The summed E-state index contributed by atoms with van der Waals surface area (Å²) in [6.07, 6.45) is 4.90. The highest BCUT2D eigenvalue weighted by Crippen LogP contribution is 2.34. The lowest BCUT2D eigenvalue weighted by atomic mass is 9.95. The molecule has 2 aromatic carbocycles. The third kappa shape index (κ3) is 7.42. The molecule has 0 aromatic heterocycles. The van der Waals surface area contributed by atoms with E-state index in [0.29, 0.717) is 17.2 Å². The summed E-state index contributed by atoms with van der Waals surface area (Å²) in [5.74, 6) is -2.19. The Morgan fingerprint density at radius 3 is 2.51 bits per heavy atom. The number of amides is 3. The van der Waals surface area contributed by atoms with E-state index in [-0.39, 0.29) is 36.0 Å². The molecule has 0 radical (unpaired) electrons. The third-order valence-electron chi connectivity index (χ3n) is 6.02. The van der Waals surface area contributed by atoms with Crippen molar-refractivity contribution in [2.24, 2.45) is 0 Å². The van der Waals surface area contributed by atoms with E-state index in [0.717, 1.165) is 43.1 Å². The Morgan fingerprint density at radius 1 is 1.00 bits per heavy atom. The Labute approximate surface area is 221 Å². The Kier molecular flexibility index (Phi) is 8.99. The standard InChI is InChI=1S/C25H27ClFN3O6S/c26-19-11-18(7-8-20(19)27)30(12-23(31)28-16-4-2-1-3-5-16)25(33)14-37(34)13-24(32)29-17-6-9-21-22(10-17)36-15-35-21/h6-11,16H,1-5,12-15H2,(H,28,31)(H,29,32)/t37-/m0/s1. The molecule has 1 heterocycles. The van der Waals surface area contributed by atoms with Crippen LogP contribution in [0.2, 0.25) is 5.02 Å². The van der Waals surface area contributed by atoms with E-state index in [1.165, 1.54) is 12.1 Å². The van der Waals surface area contributed by atoms with Crippen LogP contribution in [0.5, 0.6) is 11.5 Å². The van der Waals surface area contributed by atoms with Crippen LogP contribution in [0, 0.1) is 5.82 Å². The van der Waals surface area contributed by atoms with Gasteiger partial charge in [-0.3, -0.25) is 18.6 Å². The maximum atomic E-state index is 13.7. The summed E-state index contributed by atoms with van der Waals surface area (Å²) < 4.78 is 36.9. The maximum absolute atomic E-state index is 13.7. The molecule has 2 aromatic rings. The van der Waals surface area contributed by atoms with Gasteiger partial charge in [-0.15, -0.1) is 0 Å². The summed E-state index contributed by atoms with van der Waals surface area (Å²) >= 11 is 5.90. The number of benzene rings is 2. The number of fused-ring (bicyclic) bond motifs is 1. The predicted octanol–water partition coefficient (Wildman–Crippen LogP) is 3.38. The quantitative estimate of drug-likeness (QED) is 0.494. The molecular weight excluding hydrogens is 525 g/mol. The maximum Gasteiger partial charge on any atom is 0.240 e. The van der Waals surface area contributed by atoms with E-state index >= 15 is 0 Å². The van der Waals surface area contributed by atoms with Crippen molar-refractivity contribution < 1.29 is 32.5 Å². The van der Waals surface area contributed by atoms with E-state index in [4.69, 9.17) is 21.1 Å². The van der Waals surface area contributed by atoms with Gasteiger partial charge in [0, 0.05) is 34.3 Å². The lowest BCUT2D eigenvalue weighted by molar-refractivity contribution is -0.123. The fraction of sp³-hybridized carbons (Fsp3) is 0.400. The van der Waals surface area contributed by atoms with Crippen molar-refractivity contribution in [1.82, 2.24) is 5.32 Å². The predicted molar refractivity (Wildman–Crippen MR) is 138 cm³/mol. The number of nitrogens with one attached hydrogen (secondary N) is 2. The third-order valence-corrected chi connectivity index (χ3v) is 7.46. The molecule has 4 rings (SSSR count). The molecular formula is C25H27ClFN3O6S. The number of anilines is 2. The molecule has 3 amide bonds. The van der Waals surface area contributed by atoms with E-state index in [1.807, 2.05) is 0 Å². The fourth-order valence-electron chi connectivity index (χ4n) is 4.22. The molecule has 1 saturated carbocycles. The zero-order valence-electron chi connectivity index (χ0n) is 20.0. The molecule has 37 heavy (non-hydrogen) atoms. The van der Waals surface area contributed by atoms with Crippen molar-refractivity contribution in [3.8, 4) is 11.5 Å². The van der Waals surface area contributed by atoms with E-state index < -0.39 is 39.9 Å². The van der Waals surface area contributed by atoms with Crippen molar-refractivity contribution in [2.75, 3.05) is 35.1 Å². The van der Waals surface area contributed by atoms with Gasteiger partial charge >= 0.3 is 0 Å². The topological polar surface area (TPSA) is 114 Å². The summed E-state index contributed by atoms with van der Waals surface area (Å²) in [7, 11) is -1.88. The first-order chi connectivity index (χ1) is 17.8. The van der Waals surface area contributed by atoms with Gasteiger partial charge in [0.2, 0.25) is 24.5 Å². The number of nitrogens with zero attached hydrogens (tertiary/aromatic N) is 1. The monoisotopic (exact) mass is 551 g/mol.